The number of hydrogen-bond acceptors (Lipinski definition) is 2. The van der Waals surface area contributed by atoms with Gasteiger partial charge in [-0.25, -0.2) is 0 Å². The first kappa shape index (κ1) is 13.1. The summed E-state index contributed by atoms with van der Waals surface area (Å²) in [5, 5.41) is 0. The molecule has 0 aromatic heterocycles. The number of hydrogen-bond donors (Lipinski definition) is 1. The lowest BCUT2D eigenvalue weighted by atomic mass is 10.0. The molecule has 0 heterocycles. The predicted molar refractivity (Wildman–Crippen MR) is 54.6 cm³/mol. The normalized spacial score (nSPS) is 13.5. The maximum Gasteiger partial charge on any atom is 0.301 e. The highest BCUT2D eigenvalue weighted by atomic mass is 32.2. The van der Waals surface area contributed by atoms with Crippen LogP contribution in [-0.4, -0.2) is 15.4 Å². The molecule has 0 bridgehead atoms. The molecule has 4 heteroatoms. The van der Waals surface area contributed by atoms with Crippen molar-refractivity contribution >= 4 is 11.4 Å². The van der Waals surface area contributed by atoms with Gasteiger partial charge in [-0.1, -0.05) is 39.5 Å². The van der Waals surface area contributed by atoms with Gasteiger partial charge in [0.2, 0.25) is 0 Å². The molecule has 0 spiro atoms. The fraction of sp³-hybridized carbons (Fsp3) is 1.00. The molecule has 0 aliphatic rings. The summed E-state index contributed by atoms with van der Waals surface area (Å²) in [4.78, 5) is 0. The number of rotatable bonds is 8. The van der Waals surface area contributed by atoms with Gasteiger partial charge in [0.05, 0.1) is 6.61 Å². The number of unbranched alkanes of at least 4 members (excludes halogenated alkanes) is 3. The smallest absolute Gasteiger partial charge is 0.284 e. The maximum absolute atomic E-state index is 10.1. The highest BCUT2D eigenvalue weighted by molar-refractivity contribution is 7.74. The summed E-state index contributed by atoms with van der Waals surface area (Å²) in [7, 11) is 0. The molecule has 0 amide bonds. The summed E-state index contributed by atoms with van der Waals surface area (Å²) in [5.41, 5.74) is 0. The zero-order valence-corrected chi connectivity index (χ0v) is 9.31. The van der Waals surface area contributed by atoms with Crippen LogP contribution < -0.4 is 0 Å². The van der Waals surface area contributed by atoms with Crippen LogP contribution in [0.3, 0.4) is 0 Å². The van der Waals surface area contributed by atoms with Gasteiger partial charge in [0.15, 0.2) is 0 Å². The van der Waals surface area contributed by atoms with E-state index in [1.54, 1.807) is 0 Å². The second kappa shape index (κ2) is 8.66. The van der Waals surface area contributed by atoms with Gasteiger partial charge in [-0.3, -0.25) is 8.74 Å². The maximum atomic E-state index is 10.1. The third-order valence-electron chi connectivity index (χ3n) is 1.86. The molecule has 0 aromatic rings. The Balaban J connectivity index is 2.96. The second-order valence-electron chi connectivity index (χ2n) is 3.64. The molecule has 0 saturated heterocycles. The van der Waals surface area contributed by atoms with E-state index in [4.69, 9.17) is 4.55 Å². The van der Waals surface area contributed by atoms with Gasteiger partial charge in [0.1, 0.15) is 0 Å². The Morgan fingerprint density at radius 3 is 2.38 bits per heavy atom. The summed E-state index contributed by atoms with van der Waals surface area (Å²) in [6, 6.07) is 0. The average molecular weight is 208 g/mol. The van der Waals surface area contributed by atoms with Crippen LogP contribution in [0.4, 0.5) is 0 Å². The Morgan fingerprint density at radius 2 is 1.85 bits per heavy atom. The average Bonchev–Trinajstić information content (AvgIpc) is 2.01. The Bertz CT molecular complexity index is 137. The Labute approximate surface area is 83.4 Å². The predicted octanol–water partition coefficient (Wildman–Crippen LogP) is 2.75. The summed E-state index contributed by atoms with van der Waals surface area (Å²) >= 11 is -2.08. The van der Waals surface area contributed by atoms with Crippen LogP contribution in [-0.2, 0) is 15.5 Å². The zero-order chi connectivity index (χ0) is 10.1. The quantitative estimate of drug-likeness (QED) is 0.493. The van der Waals surface area contributed by atoms with Crippen molar-refractivity contribution < 1.29 is 12.9 Å². The van der Waals surface area contributed by atoms with E-state index in [9.17, 15) is 4.21 Å². The van der Waals surface area contributed by atoms with Gasteiger partial charge in [0, 0.05) is 0 Å². The first-order valence-corrected chi connectivity index (χ1v) is 5.90. The van der Waals surface area contributed by atoms with E-state index in [0.717, 1.165) is 18.8 Å². The summed E-state index contributed by atoms with van der Waals surface area (Å²) in [6.45, 7) is 4.83. The van der Waals surface area contributed by atoms with Crippen molar-refractivity contribution in [3.8, 4) is 0 Å². The van der Waals surface area contributed by atoms with Crippen LogP contribution in [0.15, 0.2) is 0 Å². The van der Waals surface area contributed by atoms with Crippen molar-refractivity contribution in [1.29, 1.82) is 0 Å². The fourth-order valence-electron chi connectivity index (χ4n) is 1.14. The van der Waals surface area contributed by atoms with Crippen LogP contribution in [0.5, 0.6) is 0 Å². The summed E-state index contributed by atoms with van der Waals surface area (Å²) in [5.74, 6) is 0.779. The second-order valence-corrected chi connectivity index (χ2v) is 4.31. The monoisotopic (exact) mass is 208 g/mol. The minimum atomic E-state index is -2.08. The molecule has 1 N–H and O–H groups in total. The summed E-state index contributed by atoms with van der Waals surface area (Å²) in [6.07, 6.45) is 5.68. The van der Waals surface area contributed by atoms with Crippen molar-refractivity contribution in [3.63, 3.8) is 0 Å². The van der Waals surface area contributed by atoms with Crippen LogP contribution in [0.25, 0.3) is 0 Å². The molecular formula is C9H20O3S. The molecule has 0 fully saturated rings. The molecule has 13 heavy (non-hydrogen) atoms. The van der Waals surface area contributed by atoms with Crippen molar-refractivity contribution in [3.05, 3.63) is 0 Å². The standard InChI is InChI=1S/C9H20O3S/c1-9(2)7-5-3-4-6-8-12-13(10)11/h9H,3-8H2,1-2H3,(H,10,11). The molecule has 0 rings (SSSR count). The van der Waals surface area contributed by atoms with Gasteiger partial charge < -0.3 is 0 Å². The summed E-state index contributed by atoms with van der Waals surface area (Å²) < 4.78 is 22.8. The minimum Gasteiger partial charge on any atom is -0.284 e. The fourth-order valence-corrected chi connectivity index (χ4v) is 1.40. The van der Waals surface area contributed by atoms with Gasteiger partial charge >= 0.3 is 11.4 Å². The largest absolute Gasteiger partial charge is 0.301 e. The lowest BCUT2D eigenvalue weighted by Gasteiger charge is -2.03. The van der Waals surface area contributed by atoms with Crippen LogP contribution >= 0.6 is 0 Å². The Morgan fingerprint density at radius 1 is 1.23 bits per heavy atom. The SMILES string of the molecule is CC(C)CCCCCCOS(=O)O. The third kappa shape index (κ3) is 12.1. The van der Waals surface area contributed by atoms with E-state index in [0.29, 0.717) is 6.61 Å². The van der Waals surface area contributed by atoms with E-state index in [1.165, 1.54) is 19.3 Å². The highest BCUT2D eigenvalue weighted by Crippen LogP contribution is 2.09. The van der Waals surface area contributed by atoms with Gasteiger partial charge in [0.25, 0.3) is 0 Å². The molecule has 80 valence electrons. The van der Waals surface area contributed by atoms with Crippen molar-refractivity contribution in [2.24, 2.45) is 5.92 Å². The van der Waals surface area contributed by atoms with Crippen molar-refractivity contribution in [1.82, 2.24) is 0 Å². The van der Waals surface area contributed by atoms with Crippen molar-refractivity contribution in [2.45, 2.75) is 46.0 Å². The molecule has 0 aliphatic carbocycles. The van der Waals surface area contributed by atoms with E-state index in [1.807, 2.05) is 0 Å². The molecule has 0 saturated carbocycles. The molecule has 3 nitrogen and oxygen atoms in total. The lowest BCUT2D eigenvalue weighted by molar-refractivity contribution is 0.296. The van der Waals surface area contributed by atoms with Gasteiger partial charge in [-0.05, 0) is 12.3 Å². The van der Waals surface area contributed by atoms with Gasteiger partial charge in [-0.2, -0.15) is 4.21 Å². The van der Waals surface area contributed by atoms with E-state index in [2.05, 4.69) is 18.0 Å². The molecular weight excluding hydrogens is 188 g/mol. The molecule has 0 radical (unpaired) electrons. The lowest BCUT2D eigenvalue weighted by Crippen LogP contribution is -1.97. The molecule has 0 aliphatic heterocycles. The van der Waals surface area contributed by atoms with Gasteiger partial charge in [-0.15, -0.1) is 0 Å². The van der Waals surface area contributed by atoms with Crippen LogP contribution in [0.1, 0.15) is 46.0 Å². The van der Waals surface area contributed by atoms with Crippen LogP contribution in [0.2, 0.25) is 0 Å². The topological polar surface area (TPSA) is 46.5 Å². The van der Waals surface area contributed by atoms with Crippen molar-refractivity contribution in [2.75, 3.05) is 6.61 Å². The Hall–Kier alpha value is 0.0700. The third-order valence-corrected chi connectivity index (χ3v) is 2.23. The Kier molecular flexibility index (Phi) is 8.71. The zero-order valence-electron chi connectivity index (χ0n) is 8.49. The highest BCUT2D eigenvalue weighted by Gasteiger charge is 1.96. The first-order chi connectivity index (χ1) is 6.13. The van der Waals surface area contributed by atoms with E-state index < -0.39 is 11.4 Å². The minimum absolute atomic E-state index is 0.394. The molecule has 1 atom stereocenters. The van der Waals surface area contributed by atoms with E-state index in [-0.39, 0.29) is 0 Å². The first-order valence-electron chi connectivity index (χ1n) is 4.87. The molecule has 0 aromatic carbocycles. The van der Waals surface area contributed by atoms with Crippen LogP contribution in [0, 0.1) is 5.92 Å². The molecule has 1 unspecified atom stereocenters. The van der Waals surface area contributed by atoms with E-state index >= 15 is 0 Å².